The summed E-state index contributed by atoms with van der Waals surface area (Å²) in [7, 11) is 1.67. The lowest BCUT2D eigenvalue weighted by molar-refractivity contribution is 0.415. The summed E-state index contributed by atoms with van der Waals surface area (Å²) in [5.74, 6) is 0.854. The van der Waals surface area contributed by atoms with Crippen LogP contribution in [0.3, 0.4) is 0 Å². The predicted molar refractivity (Wildman–Crippen MR) is 74.4 cm³/mol. The molecule has 19 heavy (non-hydrogen) atoms. The fourth-order valence-electron chi connectivity index (χ4n) is 2.37. The number of methoxy groups -OCH3 is 1. The Kier molecular flexibility index (Phi) is 2.71. The molecule has 3 aromatic rings. The third-order valence-corrected chi connectivity index (χ3v) is 3.31. The monoisotopic (exact) mass is 253 g/mol. The van der Waals surface area contributed by atoms with E-state index in [1.807, 2.05) is 35.7 Å². The Balaban J connectivity index is 2.22. The van der Waals surface area contributed by atoms with Gasteiger partial charge in [-0.2, -0.15) is 5.10 Å². The van der Waals surface area contributed by atoms with Crippen LogP contribution in [0.2, 0.25) is 0 Å². The first-order valence-electron chi connectivity index (χ1n) is 6.15. The molecule has 0 radical (unpaired) electrons. The molecular weight excluding hydrogens is 238 g/mol. The number of aryl methyl sites for hydroxylation is 2. The molecular formula is C15H15N3O. The minimum absolute atomic E-state index is 0.854. The maximum Gasteiger partial charge on any atom is 0.136 e. The van der Waals surface area contributed by atoms with Gasteiger partial charge in [0.15, 0.2) is 0 Å². The average molecular weight is 253 g/mol. The van der Waals surface area contributed by atoms with E-state index in [0.29, 0.717) is 0 Å². The number of rotatable bonds is 2. The number of fused-ring (bicyclic) bond motifs is 1. The molecule has 4 nitrogen and oxygen atoms in total. The first kappa shape index (κ1) is 11.7. The van der Waals surface area contributed by atoms with Gasteiger partial charge < -0.3 is 4.74 Å². The maximum atomic E-state index is 5.18. The largest absolute Gasteiger partial charge is 0.497 e. The van der Waals surface area contributed by atoms with Gasteiger partial charge in [-0.15, -0.1) is 0 Å². The molecule has 3 rings (SSSR count). The summed E-state index contributed by atoms with van der Waals surface area (Å²) in [5, 5.41) is 4.36. The van der Waals surface area contributed by atoms with Crippen molar-refractivity contribution in [2.75, 3.05) is 7.11 Å². The maximum absolute atomic E-state index is 5.18. The zero-order valence-corrected chi connectivity index (χ0v) is 11.2. The molecule has 0 saturated carbocycles. The second-order valence-electron chi connectivity index (χ2n) is 4.55. The third kappa shape index (κ3) is 1.85. The van der Waals surface area contributed by atoms with Crippen molar-refractivity contribution in [3.63, 3.8) is 0 Å². The van der Waals surface area contributed by atoms with E-state index in [4.69, 9.17) is 4.74 Å². The van der Waals surface area contributed by atoms with E-state index in [2.05, 4.69) is 23.1 Å². The van der Waals surface area contributed by atoms with E-state index in [1.54, 1.807) is 13.4 Å². The molecule has 0 unspecified atom stereocenters. The summed E-state index contributed by atoms with van der Waals surface area (Å²) in [4.78, 5) is 4.25. The van der Waals surface area contributed by atoms with Gasteiger partial charge in [-0.25, -0.2) is 9.50 Å². The third-order valence-electron chi connectivity index (χ3n) is 3.31. The average Bonchev–Trinajstić information content (AvgIpc) is 2.78. The molecule has 0 fully saturated rings. The highest BCUT2D eigenvalue weighted by molar-refractivity contribution is 5.71. The van der Waals surface area contributed by atoms with Crippen LogP contribution < -0.4 is 4.74 Å². The molecule has 4 heteroatoms. The Hall–Kier alpha value is -2.36. The number of nitrogens with zero attached hydrogens (tertiary/aromatic N) is 3. The molecule has 0 atom stereocenters. The predicted octanol–water partition coefficient (Wildman–Crippen LogP) is 3.02. The molecule has 1 aromatic carbocycles. The van der Waals surface area contributed by atoms with Crippen LogP contribution >= 0.6 is 0 Å². The van der Waals surface area contributed by atoms with Gasteiger partial charge in [0.05, 0.1) is 24.0 Å². The van der Waals surface area contributed by atoms with Crippen LogP contribution in [-0.2, 0) is 0 Å². The van der Waals surface area contributed by atoms with Gasteiger partial charge in [0.1, 0.15) is 12.1 Å². The van der Waals surface area contributed by atoms with Crippen molar-refractivity contribution in [1.82, 2.24) is 14.6 Å². The number of benzene rings is 1. The topological polar surface area (TPSA) is 39.4 Å². The van der Waals surface area contributed by atoms with E-state index in [1.165, 1.54) is 5.56 Å². The summed E-state index contributed by atoms with van der Waals surface area (Å²) in [6, 6.07) is 10.1. The second-order valence-corrected chi connectivity index (χ2v) is 4.55. The van der Waals surface area contributed by atoms with Crippen LogP contribution in [0.15, 0.2) is 36.7 Å². The lowest BCUT2D eigenvalue weighted by Gasteiger charge is -2.04. The summed E-state index contributed by atoms with van der Waals surface area (Å²) in [6.45, 7) is 4.08. The first-order chi connectivity index (χ1) is 9.20. The van der Waals surface area contributed by atoms with Gasteiger partial charge in [0, 0.05) is 5.56 Å². The van der Waals surface area contributed by atoms with E-state index < -0.39 is 0 Å². The van der Waals surface area contributed by atoms with Gasteiger partial charge in [0.2, 0.25) is 0 Å². The SMILES string of the molecule is COc1ccc(-c2cc(C)c3c(C)ncnn23)cc1. The fourth-order valence-corrected chi connectivity index (χ4v) is 2.37. The Morgan fingerprint density at radius 1 is 1.11 bits per heavy atom. The zero-order chi connectivity index (χ0) is 13.4. The van der Waals surface area contributed by atoms with Crippen molar-refractivity contribution >= 4 is 5.52 Å². The Labute approximate surface area is 111 Å². The number of ether oxygens (including phenoxy) is 1. The van der Waals surface area contributed by atoms with Gasteiger partial charge in [-0.1, -0.05) is 0 Å². The van der Waals surface area contributed by atoms with E-state index in [9.17, 15) is 0 Å². The van der Waals surface area contributed by atoms with Gasteiger partial charge in [-0.3, -0.25) is 0 Å². The molecule has 2 heterocycles. The first-order valence-corrected chi connectivity index (χ1v) is 6.15. The van der Waals surface area contributed by atoms with E-state index >= 15 is 0 Å². The van der Waals surface area contributed by atoms with Gasteiger partial charge >= 0.3 is 0 Å². The van der Waals surface area contributed by atoms with Gasteiger partial charge in [0.25, 0.3) is 0 Å². The quantitative estimate of drug-likeness (QED) is 0.704. The smallest absolute Gasteiger partial charge is 0.136 e. The number of hydrogen-bond acceptors (Lipinski definition) is 3. The van der Waals surface area contributed by atoms with Crippen LogP contribution in [0.4, 0.5) is 0 Å². The zero-order valence-electron chi connectivity index (χ0n) is 11.2. The Morgan fingerprint density at radius 2 is 1.84 bits per heavy atom. The summed E-state index contributed by atoms with van der Waals surface area (Å²) in [6.07, 6.45) is 1.59. The van der Waals surface area contributed by atoms with Crippen molar-refractivity contribution in [1.29, 1.82) is 0 Å². The molecule has 0 aliphatic rings. The number of aromatic nitrogens is 3. The normalized spacial score (nSPS) is 10.9. The standard InChI is InChI=1S/C15H15N3O/c1-10-8-14(12-4-6-13(19-3)7-5-12)18-15(10)11(2)16-9-17-18/h4-9H,1-3H3. The second kappa shape index (κ2) is 4.39. The lowest BCUT2D eigenvalue weighted by Crippen LogP contribution is -1.97. The number of hydrogen-bond donors (Lipinski definition) is 0. The van der Waals surface area contributed by atoms with Crippen LogP contribution in [-0.4, -0.2) is 21.7 Å². The lowest BCUT2D eigenvalue weighted by atomic mass is 10.1. The van der Waals surface area contributed by atoms with Crippen molar-refractivity contribution < 1.29 is 4.74 Å². The van der Waals surface area contributed by atoms with Crippen molar-refractivity contribution in [2.24, 2.45) is 0 Å². The molecule has 96 valence electrons. The van der Waals surface area contributed by atoms with Crippen LogP contribution in [0.25, 0.3) is 16.8 Å². The minimum atomic E-state index is 0.854. The highest BCUT2D eigenvalue weighted by Crippen LogP contribution is 2.27. The van der Waals surface area contributed by atoms with Crippen LogP contribution in [0.5, 0.6) is 5.75 Å². The van der Waals surface area contributed by atoms with Crippen LogP contribution in [0, 0.1) is 13.8 Å². The fraction of sp³-hybridized carbons (Fsp3) is 0.200. The molecule has 0 aliphatic heterocycles. The molecule has 0 N–H and O–H groups in total. The molecule has 0 saturated heterocycles. The Morgan fingerprint density at radius 3 is 2.53 bits per heavy atom. The molecule has 0 aliphatic carbocycles. The van der Waals surface area contributed by atoms with E-state index in [0.717, 1.165) is 28.2 Å². The molecule has 0 bridgehead atoms. The summed E-state index contributed by atoms with van der Waals surface area (Å²) >= 11 is 0. The summed E-state index contributed by atoms with van der Waals surface area (Å²) < 4.78 is 7.13. The van der Waals surface area contributed by atoms with E-state index in [-0.39, 0.29) is 0 Å². The summed E-state index contributed by atoms with van der Waals surface area (Å²) in [5.41, 5.74) is 5.44. The molecule has 0 spiro atoms. The van der Waals surface area contributed by atoms with Crippen molar-refractivity contribution in [2.45, 2.75) is 13.8 Å². The van der Waals surface area contributed by atoms with Crippen molar-refractivity contribution in [3.8, 4) is 17.0 Å². The van der Waals surface area contributed by atoms with Crippen molar-refractivity contribution in [3.05, 3.63) is 47.9 Å². The highest BCUT2D eigenvalue weighted by Gasteiger charge is 2.11. The van der Waals surface area contributed by atoms with Gasteiger partial charge in [-0.05, 0) is 49.7 Å². The highest BCUT2D eigenvalue weighted by atomic mass is 16.5. The van der Waals surface area contributed by atoms with Crippen LogP contribution in [0.1, 0.15) is 11.3 Å². The molecule has 2 aromatic heterocycles. The Bertz CT molecular complexity index is 729. The minimum Gasteiger partial charge on any atom is -0.497 e. The molecule has 0 amide bonds.